The Hall–Kier alpha value is -3.10. The molecule has 2 aromatic carbocycles. The molecule has 1 aliphatic rings. The second kappa shape index (κ2) is 19.2. The molecule has 1 saturated heterocycles. The van der Waals surface area contributed by atoms with Crippen LogP contribution in [0.3, 0.4) is 0 Å². The minimum absolute atomic E-state index is 0.0177. The van der Waals surface area contributed by atoms with E-state index in [2.05, 4.69) is 84.7 Å². The van der Waals surface area contributed by atoms with Gasteiger partial charge in [0.15, 0.2) is 0 Å². The molecule has 8 heteroatoms. The van der Waals surface area contributed by atoms with Gasteiger partial charge in [-0.05, 0) is 88.2 Å². The smallest absolute Gasteiger partial charge is 0.432 e. The van der Waals surface area contributed by atoms with Crippen molar-refractivity contribution in [2.45, 2.75) is 129 Å². The van der Waals surface area contributed by atoms with Crippen LogP contribution >= 0.6 is 0 Å². The molecule has 2 aromatic rings. The Labute approximate surface area is 289 Å². The van der Waals surface area contributed by atoms with Gasteiger partial charge < -0.3 is 23.7 Å². The molecule has 0 saturated carbocycles. The summed E-state index contributed by atoms with van der Waals surface area (Å²) < 4.78 is 26.6. The molecule has 0 spiro atoms. The fourth-order valence-corrected chi connectivity index (χ4v) is 6.74. The monoisotopic (exact) mass is 667 g/mol. The average Bonchev–Trinajstić information content (AvgIpc) is 3.04. The quantitative estimate of drug-likeness (QED) is 0.0882. The molecule has 0 aliphatic carbocycles. The van der Waals surface area contributed by atoms with Gasteiger partial charge in [0, 0.05) is 23.9 Å². The highest BCUT2D eigenvalue weighted by atomic mass is 16.7. The highest BCUT2D eigenvalue weighted by Gasteiger charge is 2.44. The van der Waals surface area contributed by atoms with E-state index in [0.29, 0.717) is 11.7 Å². The number of ether oxygens (including phenoxy) is 5. The lowest BCUT2D eigenvalue weighted by Gasteiger charge is -2.52. The van der Waals surface area contributed by atoms with E-state index in [-0.39, 0.29) is 43.6 Å². The van der Waals surface area contributed by atoms with Crippen molar-refractivity contribution < 1.29 is 33.3 Å². The Bertz CT molecular complexity index is 1220. The number of hydrogen-bond acceptors (Lipinski definition) is 8. The minimum atomic E-state index is -0.802. The van der Waals surface area contributed by atoms with Gasteiger partial charge in [-0.15, -0.1) is 0 Å². The number of benzene rings is 2. The summed E-state index contributed by atoms with van der Waals surface area (Å²) in [7, 11) is 2.10. The molecule has 2 unspecified atom stereocenters. The second-order valence-electron chi connectivity index (χ2n) is 14.6. The van der Waals surface area contributed by atoms with Crippen LogP contribution in [0.1, 0.15) is 118 Å². The van der Waals surface area contributed by atoms with Gasteiger partial charge in [0.25, 0.3) is 0 Å². The number of piperidine rings is 1. The van der Waals surface area contributed by atoms with Crippen LogP contribution in [0.5, 0.6) is 5.75 Å². The Kier molecular flexibility index (Phi) is 15.7. The fourth-order valence-electron chi connectivity index (χ4n) is 6.74. The summed E-state index contributed by atoms with van der Waals surface area (Å²) in [4.78, 5) is 26.7. The van der Waals surface area contributed by atoms with Gasteiger partial charge in [-0.3, -0.25) is 4.90 Å². The van der Waals surface area contributed by atoms with Gasteiger partial charge in [0.05, 0.1) is 13.2 Å². The van der Waals surface area contributed by atoms with Crippen LogP contribution in [0.15, 0.2) is 48.5 Å². The van der Waals surface area contributed by atoms with E-state index in [1.807, 2.05) is 12.1 Å². The molecule has 3 rings (SSSR count). The Morgan fingerprint density at radius 2 is 1.33 bits per heavy atom. The van der Waals surface area contributed by atoms with E-state index in [1.54, 1.807) is 12.1 Å². The number of rotatable bonds is 18. The highest BCUT2D eigenvalue weighted by Crippen LogP contribution is 2.38. The van der Waals surface area contributed by atoms with Crippen molar-refractivity contribution in [3.63, 3.8) is 0 Å². The summed E-state index contributed by atoms with van der Waals surface area (Å²) in [5, 5.41) is 0. The summed E-state index contributed by atoms with van der Waals surface area (Å²) in [5.41, 5.74) is 3.38. The van der Waals surface area contributed by atoms with Crippen LogP contribution in [0.25, 0.3) is 11.1 Å². The lowest BCUT2D eigenvalue weighted by molar-refractivity contribution is -0.0832. The van der Waals surface area contributed by atoms with Gasteiger partial charge in [-0.25, -0.2) is 9.59 Å². The van der Waals surface area contributed by atoms with Gasteiger partial charge in [-0.2, -0.15) is 0 Å². The Balaban J connectivity index is 1.29. The molecular weight excluding hydrogens is 606 g/mol. The normalized spacial score (nSPS) is 17.3. The second-order valence-corrected chi connectivity index (χ2v) is 14.6. The van der Waals surface area contributed by atoms with E-state index in [9.17, 15) is 9.59 Å². The lowest BCUT2D eigenvalue weighted by atomic mass is 9.79. The maximum atomic E-state index is 12.2. The first kappa shape index (κ1) is 39.3. The maximum absolute atomic E-state index is 12.2. The predicted octanol–water partition coefficient (Wildman–Crippen LogP) is 10.2. The summed E-state index contributed by atoms with van der Waals surface area (Å²) in [6.45, 7) is 15.9. The van der Waals surface area contributed by atoms with Crippen molar-refractivity contribution in [2.75, 3.05) is 33.5 Å². The van der Waals surface area contributed by atoms with Gasteiger partial charge in [-0.1, -0.05) is 89.3 Å². The number of carbonyl (C=O) groups is 2. The Morgan fingerprint density at radius 3 is 1.90 bits per heavy atom. The molecule has 268 valence electrons. The van der Waals surface area contributed by atoms with Crippen molar-refractivity contribution in [3.05, 3.63) is 54.1 Å². The van der Waals surface area contributed by atoms with E-state index in [4.69, 9.17) is 23.7 Å². The molecule has 1 fully saturated rings. The molecule has 1 aliphatic heterocycles. The van der Waals surface area contributed by atoms with Gasteiger partial charge >= 0.3 is 12.3 Å². The molecule has 0 N–H and O–H groups in total. The third-order valence-corrected chi connectivity index (χ3v) is 10.1. The molecule has 0 amide bonds. The van der Waals surface area contributed by atoms with Crippen LogP contribution < -0.4 is 4.74 Å². The number of nitrogens with zero attached hydrogens (tertiary/aromatic N) is 1. The molecule has 2 atom stereocenters. The molecule has 48 heavy (non-hydrogen) atoms. The summed E-state index contributed by atoms with van der Waals surface area (Å²) in [6, 6.07) is 16.2. The van der Waals surface area contributed by atoms with Crippen molar-refractivity contribution in [1.29, 1.82) is 0 Å². The largest absolute Gasteiger partial charge is 0.513 e. The van der Waals surface area contributed by atoms with E-state index >= 15 is 0 Å². The zero-order chi connectivity index (χ0) is 35.2. The van der Waals surface area contributed by atoms with Gasteiger partial charge in [0.2, 0.25) is 0 Å². The van der Waals surface area contributed by atoms with Crippen molar-refractivity contribution in [3.8, 4) is 16.9 Å². The average molecular weight is 668 g/mol. The van der Waals surface area contributed by atoms with Crippen molar-refractivity contribution in [2.24, 2.45) is 5.92 Å². The van der Waals surface area contributed by atoms with Crippen LogP contribution in [-0.4, -0.2) is 67.9 Å². The first-order chi connectivity index (χ1) is 22.8. The van der Waals surface area contributed by atoms with Crippen LogP contribution in [0.4, 0.5) is 9.59 Å². The molecule has 1 heterocycles. The molecule has 8 nitrogen and oxygen atoms in total. The van der Waals surface area contributed by atoms with E-state index in [0.717, 1.165) is 29.9 Å². The Morgan fingerprint density at radius 1 is 0.771 bits per heavy atom. The number of likely N-dealkylation sites (tertiary alicyclic amines) is 1. The predicted molar refractivity (Wildman–Crippen MR) is 192 cm³/mol. The minimum Gasteiger partial charge on any atom is -0.432 e. The van der Waals surface area contributed by atoms with Crippen LogP contribution in [0, 0.1) is 5.92 Å². The number of unbranched alkanes of at least 4 members (excludes halogenated alkanes) is 2. The third kappa shape index (κ3) is 12.7. The standard InChI is InChI=1S/C40H61NO7/c1-9-11-12-13-31(10-2)15-14-30(3)32-16-18-33(19-17-32)34-20-22-35(23-21-34)47-37(42)45-26-24-44-25-27-46-38(43)48-36-28-39(4,5)41(8)40(6,7)29-36/h16-23,30-31,36H,9-15,24-29H2,1-8H3. The summed E-state index contributed by atoms with van der Waals surface area (Å²) in [6.07, 6.45) is 8.91. The first-order valence-corrected chi connectivity index (χ1v) is 18.0. The lowest BCUT2D eigenvalue weighted by Crippen LogP contribution is -2.60. The van der Waals surface area contributed by atoms with Gasteiger partial charge in [0.1, 0.15) is 25.1 Å². The van der Waals surface area contributed by atoms with E-state index < -0.39 is 12.3 Å². The van der Waals surface area contributed by atoms with Crippen LogP contribution in [-0.2, 0) is 18.9 Å². The topological polar surface area (TPSA) is 83.5 Å². The SMILES string of the molecule is CCCCCC(CC)CCC(C)c1ccc(-c2ccc(OC(=O)OCCOCCOC(=O)OC3CC(C)(C)N(C)C(C)(C)C3)cc2)cc1. The zero-order valence-corrected chi connectivity index (χ0v) is 30.8. The van der Waals surface area contributed by atoms with Crippen molar-refractivity contribution in [1.82, 2.24) is 4.90 Å². The maximum Gasteiger partial charge on any atom is 0.513 e. The molecular formula is C40H61NO7. The number of carbonyl (C=O) groups excluding carboxylic acids is 2. The highest BCUT2D eigenvalue weighted by molar-refractivity contribution is 5.67. The first-order valence-electron chi connectivity index (χ1n) is 18.0. The fraction of sp³-hybridized carbons (Fsp3) is 0.650. The third-order valence-electron chi connectivity index (χ3n) is 10.1. The number of hydrogen-bond donors (Lipinski definition) is 0. The van der Waals surface area contributed by atoms with Crippen molar-refractivity contribution >= 4 is 12.3 Å². The molecule has 0 aromatic heterocycles. The molecule has 0 bridgehead atoms. The molecule has 0 radical (unpaired) electrons. The summed E-state index contributed by atoms with van der Waals surface area (Å²) in [5.74, 6) is 1.78. The summed E-state index contributed by atoms with van der Waals surface area (Å²) >= 11 is 0. The zero-order valence-electron chi connectivity index (χ0n) is 30.8. The van der Waals surface area contributed by atoms with E-state index in [1.165, 1.54) is 50.5 Å². The van der Waals surface area contributed by atoms with Crippen LogP contribution in [0.2, 0.25) is 0 Å².